The van der Waals surface area contributed by atoms with E-state index in [1.807, 2.05) is 62.4 Å². The summed E-state index contributed by atoms with van der Waals surface area (Å²) in [5.41, 5.74) is 7.47. The molecule has 1 aliphatic carbocycles. The second-order valence-electron chi connectivity index (χ2n) is 7.38. The second-order valence-corrected chi connectivity index (χ2v) is 7.38. The fourth-order valence-corrected chi connectivity index (χ4v) is 3.52. The smallest absolute Gasteiger partial charge is 0.275 e. The number of rotatable bonds is 5. The SMILES string of the molecule is Cc1ccc(C(O)(C(=O)NNC2CCCCC2)c2ccc(C)cc2)cc1. The highest BCUT2D eigenvalue weighted by Gasteiger charge is 2.40. The van der Waals surface area contributed by atoms with Gasteiger partial charge in [-0.2, -0.15) is 0 Å². The van der Waals surface area contributed by atoms with Crippen molar-refractivity contribution in [2.75, 3.05) is 0 Å². The molecule has 3 N–H and O–H groups in total. The average molecular weight is 352 g/mol. The lowest BCUT2D eigenvalue weighted by Crippen LogP contribution is -2.53. The Balaban J connectivity index is 1.87. The van der Waals surface area contributed by atoms with Crippen molar-refractivity contribution in [1.82, 2.24) is 10.9 Å². The minimum absolute atomic E-state index is 0.271. The molecule has 1 amide bonds. The predicted molar refractivity (Wildman–Crippen MR) is 104 cm³/mol. The molecule has 4 heteroatoms. The van der Waals surface area contributed by atoms with Crippen molar-refractivity contribution in [2.24, 2.45) is 0 Å². The molecule has 1 saturated carbocycles. The van der Waals surface area contributed by atoms with E-state index in [0.29, 0.717) is 11.1 Å². The molecule has 2 aromatic rings. The zero-order valence-electron chi connectivity index (χ0n) is 15.6. The highest BCUT2D eigenvalue weighted by molar-refractivity contribution is 5.89. The van der Waals surface area contributed by atoms with Gasteiger partial charge < -0.3 is 5.11 Å². The van der Waals surface area contributed by atoms with Crippen LogP contribution in [-0.2, 0) is 10.4 Å². The van der Waals surface area contributed by atoms with Gasteiger partial charge in [-0.15, -0.1) is 0 Å². The van der Waals surface area contributed by atoms with Crippen LogP contribution in [0.2, 0.25) is 0 Å². The lowest BCUT2D eigenvalue weighted by molar-refractivity contribution is -0.138. The van der Waals surface area contributed by atoms with Gasteiger partial charge in [-0.05, 0) is 37.8 Å². The Morgan fingerprint density at radius 3 is 1.81 bits per heavy atom. The molecule has 3 rings (SSSR count). The number of amides is 1. The van der Waals surface area contributed by atoms with Gasteiger partial charge >= 0.3 is 0 Å². The standard InChI is InChI=1S/C22H28N2O2/c1-16-8-12-18(13-9-16)22(26,19-14-10-17(2)11-15-19)21(25)24-23-20-6-4-3-5-7-20/h8-15,20,23,26H,3-7H2,1-2H3,(H,24,25). The minimum atomic E-state index is -1.73. The van der Waals surface area contributed by atoms with Gasteiger partial charge in [0.15, 0.2) is 5.60 Å². The minimum Gasteiger partial charge on any atom is -0.372 e. The molecule has 26 heavy (non-hydrogen) atoms. The lowest BCUT2D eigenvalue weighted by atomic mass is 9.85. The van der Waals surface area contributed by atoms with Crippen LogP contribution in [0.1, 0.15) is 54.4 Å². The van der Waals surface area contributed by atoms with Gasteiger partial charge in [-0.25, -0.2) is 5.43 Å². The molecule has 1 fully saturated rings. The van der Waals surface area contributed by atoms with Gasteiger partial charge in [0, 0.05) is 6.04 Å². The fourth-order valence-electron chi connectivity index (χ4n) is 3.52. The maximum atomic E-state index is 13.1. The van der Waals surface area contributed by atoms with Crippen molar-refractivity contribution in [2.45, 2.75) is 57.6 Å². The first-order valence-electron chi connectivity index (χ1n) is 9.43. The Labute approximate surface area is 155 Å². The van der Waals surface area contributed by atoms with Gasteiger partial charge in [-0.3, -0.25) is 10.2 Å². The van der Waals surface area contributed by atoms with Gasteiger partial charge in [0.1, 0.15) is 0 Å². The van der Waals surface area contributed by atoms with Crippen LogP contribution in [0.5, 0.6) is 0 Å². The number of hydrogen-bond acceptors (Lipinski definition) is 3. The molecule has 0 bridgehead atoms. The van der Waals surface area contributed by atoms with Crippen LogP contribution in [0.3, 0.4) is 0 Å². The van der Waals surface area contributed by atoms with Gasteiger partial charge in [-0.1, -0.05) is 78.9 Å². The van der Waals surface area contributed by atoms with E-state index in [0.717, 1.165) is 24.0 Å². The molecule has 1 aliphatic rings. The van der Waals surface area contributed by atoms with Crippen LogP contribution in [0, 0.1) is 13.8 Å². The Kier molecular flexibility index (Phi) is 5.74. The molecule has 2 aromatic carbocycles. The lowest BCUT2D eigenvalue weighted by Gasteiger charge is -2.30. The average Bonchev–Trinajstić information content (AvgIpc) is 2.67. The molecule has 0 heterocycles. The Morgan fingerprint density at radius 2 is 1.35 bits per heavy atom. The van der Waals surface area contributed by atoms with Gasteiger partial charge in [0.05, 0.1) is 0 Å². The first-order valence-corrected chi connectivity index (χ1v) is 9.43. The van der Waals surface area contributed by atoms with Crippen LogP contribution in [0.4, 0.5) is 0 Å². The van der Waals surface area contributed by atoms with E-state index >= 15 is 0 Å². The molecule has 0 aliphatic heterocycles. The molecule has 138 valence electrons. The zero-order valence-corrected chi connectivity index (χ0v) is 15.6. The number of hydrogen-bond donors (Lipinski definition) is 3. The Morgan fingerprint density at radius 1 is 0.885 bits per heavy atom. The molecule has 0 atom stereocenters. The van der Waals surface area contributed by atoms with Crippen LogP contribution in [-0.4, -0.2) is 17.1 Å². The van der Waals surface area contributed by atoms with E-state index < -0.39 is 11.5 Å². The molecular formula is C22H28N2O2. The quantitative estimate of drug-likeness (QED) is 0.722. The number of hydrazine groups is 1. The fraction of sp³-hybridized carbons (Fsp3) is 0.409. The summed E-state index contributed by atoms with van der Waals surface area (Å²) in [6.45, 7) is 3.97. The van der Waals surface area contributed by atoms with Gasteiger partial charge in [0.2, 0.25) is 0 Å². The van der Waals surface area contributed by atoms with Crippen molar-refractivity contribution in [3.63, 3.8) is 0 Å². The van der Waals surface area contributed by atoms with E-state index in [-0.39, 0.29) is 6.04 Å². The number of aryl methyl sites for hydroxylation is 2. The third-order valence-electron chi connectivity index (χ3n) is 5.26. The third kappa shape index (κ3) is 3.97. The summed E-state index contributed by atoms with van der Waals surface area (Å²) >= 11 is 0. The highest BCUT2D eigenvalue weighted by Crippen LogP contribution is 2.30. The normalized spacial score (nSPS) is 15.7. The van der Waals surface area contributed by atoms with Crippen molar-refractivity contribution < 1.29 is 9.90 Å². The third-order valence-corrected chi connectivity index (χ3v) is 5.26. The second kappa shape index (κ2) is 8.02. The largest absolute Gasteiger partial charge is 0.372 e. The first-order chi connectivity index (χ1) is 12.5. The Bertz CT molecular complexity index is 686. The number of benzene rings is 2. The van der Waals surface area contributed by atoms with Crippen LogP contribution >= 0.6 is 0 Å². The maximum Gasteiger partial charge on any atom is 0.275 e. The van der Waals surface area contributed by atoms with Crippen LogP contribution in [0.15, 0.2) is 48.5 Å². The summed E-state index contributed by atoms with van der Waals surface area (Å²) in [4.78, 5) is 13.1. The molecule has 4 nitrogen and oxygen atoms in total. The highest BCUT2D eigenvalue weighted by atomic mass is 16.3. The van der Waals surface area contributed by atoms with Crippen molar-refractivity contribution in [1.29, 1.82) is 0 Å². The van der Waals surface area contributed by atoms with E-state index in [1.165, 1.54) is 19.3 Å². The summed E-state index contributed by atoms with van der Waals surface area (Å²) in [5, 5.41) is 11.5. The zero-order chi connectivity index (χ0) is 18.6. The van der Waals surface area contributed by atoms with E-state index in [9.17, 15) is 9.90 Å². The van der Waals surface area contributed by atoms with Crippen LogP contribution in [0.25, 0.3) is 0 Å². The van der Waals surface area contributed by atoms with Crippen molar-refractivity contribution in [3.05, 3.63) is 70.8 Å². The van der Waals surface area contributed by atoms with Crippen molar-refractivity contribution >= 4 is 5.91 Å². The van der Waals surface area contributed by atoms with Crippen LogP contribution < -0.4 is 10.9 Å². The molecule has 0 spiro atoms. The van der Waals surface area contributed by atoms with Crippen molar-refractivity contribution in [3.8, 4) is 0 Å². The number of nitrogens with one attached hydrogen (secondary N) is 2. The van der Waals surface area contributed by atoms with E-state index in [4.69, 9.17) is 0 Å². The molecule has 0 unspecified atom stereocenters. The number of carbonyl (C=O) groups excluding carboxylic acids is 1. The first kappa shape index (κ1) is 18.6. The van der Waals surface area contributed by atoms with Gasteiger partial charge in [0.25, 0.3) is 5.91 Å². The van der Waals surface area contributed by atoms with E-state index in [1.54, 1.807) is 0 Å². The summed E-state index contributed by atoms with van der Waals surface area (Å²) in [5.74, 6) is -0.448. The number of aliphatic hydroxyl groups is 1. The molecule has 0 radical (unpaired) electrons. The summed E-state index contributed by atoms with van der Waals surface area (Å²) in [7, 11) is 0. The predicted octanol–water partition coefficient (Wildman–Crippen LogP) is 3.49. The molecule has 0 aromatic heterocycles. The Hall–Kier alpha value is -2.17. The monoisotopic (exact) mass is 352 g/mol. The molecule has 0 saturated heterocycles. The topological polar surface area (TPSA) is 61.4 Å². The van der Waals surface area contributed by atoms with E-state index in [2.05, 4.69) is 10.9 Å². The molecular weight excluding hydrogens is 324 g/mol. The number of carbonyl (C=O) groups is 1. The summed E-state index contributed by atoms with van der Waals surface area (Å²) in [6.07, 6.45) is 5.70. The maximum absolute atomic E-state index is 13.1. The summed E-state index contributed by atoms with van der Waals surface area (Å²) < 4.78 is 0. The summed E-state index contributed by atoms with van der Waals surface area (Å²) in [6, 6.07) is 15.2.